The highest BCUT2D eigenvalue weighted by molar-refractivity contribution is 7.99. The number of rotatable bonds is 6. The number of carbonyl (C=O) groups excluding carboxylic acids is 1. The summed E-state index contributed by atoms with van der Waals surface area (Å²) in [6.45, 7) is 4.36. The predicted octanol–water partition coefficient (Wildman–Crippen LogP) is 7.63. The van der Waals surface area contributed by atoms with E-state index in [2.05, 4.69) is 37.0 Å². The van der Waals surface area contributed by atoms with Gasteiger partial charge in [0, 0.05) is 28.4 Å². The summed E-state index contributed by atoms with van der Waals surface area (Å²) in [6, 6.07) is 21.4. The minimum absolute atomic E-state index is 0.00804. The Morgan fingerprint density at radius 2 is 1.91 bits per heavy atom. The molecule has 1 saturated carbocycles. The van der Waals surface area contributed by atoms with E-state index in [9.17, 15) is 15.0 Å². The molecule has 44 heavy (non-hydrogen) atoms. The minimum Gasteiger partial charge on any atom is -0.497 e. The van der Waals surface area contributed by atoms with Gasteiger partial charge in [0.05, 0.1) is 29.8 Å². The molecule has 7 heteroatoms. The van der Waals surface area contributed by atoms with Crippen molar-refractivity contribution in [2.75, 3.05) is 12.9 Å². The lowest BCUT2D eigenvalue weighted by atomic mass is 9.65. The average Bonchev–Trinajstić information content (AvgIpc) is 3.56. The van der Waals surface area contributed by atoms with Gasteiger partial charge in [0.15, 0.2) is 10.9 Å². The van der Waals surface area contributed by atoms with Crippen molar-refractivity contribution in [3.05, 3.63) is 101 Å². The number of methoxy groups -OCH3 is 1. The van der Waals surface area contributed by atoms with E-state index in [-0.39, 0.29) is 11.7 Å². The Morgan fingerprint density at radius 3 is 2.70 bits per heavy atom. The van der Waals surface area contributed by atoms with Gasteiger partial charge in [0.2, 0.25) is 0 Å². The van der Waals surface area contributed by atoms with E-state index < -0.39 is 17.1 Å². The average molecular weight is 611 g/mol. The number of benzene rings is 3. The van der Waals surface area contributed by atoms with Crippen LogP contribution < -0.4 is 4.74 Å². The molecule has 4 aromatic rings. The van der Waals surface area contributed by atoms with Crippen molar-refractivity contribution in [3.8, 4) is 5.75 Å². The van der Waals surface area contributed by atoms with Crippen molar-refractivity contribution < 1.29 is 19.7 Å². The molecule has 1 fully saturated rings. The number of nitrogens with one attached hydrogen (secondary N) is 1. The molecule has 4 unspecified atom stereocenters. The highest BCUT2D eigenvalue weighted by Crippen LogP contribution is 2.59. The standard InChI is InChI=1S/C37H42N2O4S/c1-24-8-7-18-36(2)31(17-19-37(36,42)23-44-35-38-32-16-14-28(43-3)22-33(32)39-35)29-15-12-25(20-27(40)13-11-24)21-30(29)34(41)26-9-5-4-6-10-26/h4-6,8-10,12,14-16,21-22,27,31,40,42H,7,11,13,17-20,23H2,1-3H3,(H,38,39). The number of nitrogens with zero attached hydrogens (tertiary/aromatic N) is 1. The zero-order valence-corrected chi connectivity index (χ0v) is 26.6. The Bertz CT molecular complexity index is 1680. The topological polar surface area (TPSA) is 95.4 Å². The number of carbonyl (C=O) groups is 1. The SMILES string of the molecule is COc1ccc2nc(SCC3(O)CCC4c5ccc(cc5C(=O)c5ccccc5)CC(O)CCC(C)=CCCC43C)[nH]c2c1. The maximum absolute atomic E-state index is 14.1. The van der Waals surface area contributed by atoms with Gasteiger partial charge >= 0.3 is 0 Å². The Kier molecular flexibility index (Phi) is 8.73. The van der Waals surface area contributed by atoms with E-state index in [0.717, 1.165) is 58.7 Å². The van der Waals surface area contributed by atoms with Crippen LogP contribution in [0.15, 0.2) is 83.5 Å². The van der Waals surface area contributed by atoms with E-state index in [0.29, 0.717) is 36.1 Å². The second-order valence-corrected chi connectivity index (χ2v) is 13.8. The number of imidazole rings is 1. The number of H-pyrrole nitrogens is 1. The van der Waals surface area contributed by atoms with Gasteiger partial charge < -0.3 is 19.9 Å². The quantitative estimate of drug-likeness (QED) is 0.118. The Labute approximate surface area is 264 Å². The molecular formula is C37H42N2O4S. The van der Waals surface area contributed by atoms with Crippen LogP contribution in [-0.4, -0.2) is 50.5 Å². The molecule has 6 nitrogen and oxygen atoms in total. The largest absolute Gasteiger partial charge is 0.497 e. The second-order valence-electron chi connectivity index (χ2n) is 12.9. The van der Waals surface area contributed by atoms with E-state index in [1.807, 2.05) is 54.6 Å². The monoisotopic (exact) mass is 610 g/mol. The van der Waals surface area contributed by atoms with Gasteiger partial charge in [-0.2, -0.15) is 0 Å². The zero-order valence-electron chi connectivity index (χ0n) is 25.8. The first kappa shape index (κ1) is 30.6. The van der Waals surface area contributed by atoms with Crippen LogP contribution in [-0.2, 0) is 6.42 Å². The minimum atomic E-state index is -0.972. The number of aromatic nitrogens is 2. The summed E-state index contributed by atoms with van der Waals surface area (Å²) in [4.78, 5) is 22.2. The van der Waals surface area contributed by atoms with E-state index in [1.165, 1.54) is 5.57 Å². The van der Waals surface area contributed by atoms with Crippen LogP contribution in [0.2, 0.25) is 0 Å². The molecular weight excluding hydrogens is 568 g/mol. The van der Waals surface area contributed by atoms with Crippen LogP contribution in [0.4, 0.5) is 0 Å². The van der Waals surface area contributed by atoms with Crippen molar-refractivity contribution >= 4 is 28.6 Å². The maximum Gasteiger partial charge on any atom is 0.193 e. The van der Waals surface area contributed by atoms with Gasteiger partial charge in [0.1, 0.15) is 5.75 Å². The lowest BCUT2D eigenvalue weighted by Gasteiger charge is -2.44. The third-order valence-corrected chi connectivity index (χ3v) is 11.2. The molecule has 7 rings (SSSR count). The highest BCUT2D eigenvalue weighted by atomic mass is 32.2. The number of fused-ring (bicyclic) bond motifs is 9. The van der Waals surface area contributed by atoms with Crippen molar-refractivity contribution in [3.63, 3.8) is 0 Å². The first-order chi connectivity index (χ1) is 21.2. The Balaban J connectivity index is 1.38. The first-order valence-electron chi connectivity index (χ1n) is 15.6. The molecule has 230 valence electrons. The van der Waals surface area contributed by atoms with Crippen LogP contribution in [0.3, 0.4) is 0 Å². The summed E-state index contributed by atoms with van der Waals surface area (Å²) in [5.74, 6) is 1.24. The summed E-state index contributed by atoms with van der Waals surface area (Å²) in [5.41, 5.74) is 4.87. The number of ether oxygens (including phenoxy) is 1. The molecule has 1 aromatic heterocycles. The van der Waals surface area contributed by atoms with Crippen molar-refractivity contribution in [1.29, 1.82) is 0 Å². The highest BCUT2D eigenvalue weighted by Gasteiger charge is 2.56. The third kappa shape index (κ3) is 5.97. The van der Waals surface area contributed by atoms with Gasteiger partial charge in [-0.05, 0) is 87.1 Å². The molecule has 3 aromatic carbocycles. The summed E-state index contributed by atoms with van der Waals surface area (Å²) in [7, 11) is 1.65. The molecule has 3 aliphatic carbocycles. The predicted molar refractivity (Wildman–Crippen MR) is 177 cm³/mol. The zero-order chi connectivity index (χ0) is 30.9. The van der Waals surface area contributed by atoms with Crippen LogP contribution in [0.1, 0.15) is 85.3 Å². The number of aliphatic hydroxyl groups excluding tert-OH is 1. The first-order valence-corrected chi connectivity index (χ1v) is 16.6. The maximum atomic E-state index is 14.1. The van der Waals surface area contributed by atoms with Crippen molar-refractivity contribution in [2.24, 2.45) is 5.41 Å². The number of hydrogen-bond donors (Lipinski definition) is 3. The summed E-state index contributed by atoms with van der Waals surface area (Å²) < 4.78 is 5.37. The van der Waals surface area contributed by atoms with Crippen LogP contribution >= 0.6 is 11.8 Å². The van der Waals surface area contributed by atoms with E-state index in [1.54, 1.807) is 18.9 Å². The number of aromatic amines is 1. The number of hydrogen-bond acceptors (Lipinski definition) is 6. The third-order valence-electron chi connectivity index (χ3n) is 10.1. The number of ketones is 1. The fourth-order valence-electron chi connectivity index (χ4n) is 7.27. The molecule has 4 atom stereocenters. The summed E-state index contributed by atoms with van der Waals surface area (Å²) in [6.07, 6.45) is 6.85. The lowest BCUT2D eigenvalue weighted by Crippen LogP contribution is -2.46. The van der Waals surface area contributed by atoms with Gasteiger partial charge in [-0.15, -0.1) is 0 Å². The van der Waals surface area contributed by atoms with E-state index >= 15 is 0 Å². The van der Waals surface area contributed by atoms with Crippen LogP contribution in [0, 0.1) is 5.41 Å². The molecule has 3 aliphatic rings. The molecule has 0 radical (unpaired) electrons. The fourth-order valence-corrected chi connectivity index (χ4v) is 8.46. The van der Waals surface area contributed by atoms with Crippen LogP contribution in [0.25, 0.3) is 11.0 Å². The summed E-state index contributed by atoms with van der Waals surface area (Å²) in [5, 5.41) is 24.2. The van der Waals surface area contributed by atoms with Gasteiger partial charge in [-0.3, -0.25) is 4.79 Å². The molecule has 1 heterocycles. The smallest absolute Gasteiger partial charge is 0.193 e. The number of thioether (sulfide) groups is 1. The second kappa shape index (κ2) is 12.5. The summed E-state index contributed by atoms with van der Waals surface area (Å²) >= 11 is 1.55. The molecule has 0 amide bonds. The van der Waals surface area contributed by atoms with Crippen molar-refractivity contribution in [2.45, 2.75) is 81.6 Å². The Morgan fingerprint density at radius 1 is 1.09 bits per heavy atom. The van der Waals surface area contributed by atoms with Gasteiger partial charge in [0.25, 0.3) is 0 Å². The fraction of sp³-hybridized carbons (Fsp3) is 0.405. The number of allylic oxidation sites excluding steroid dienone is 2. The van der Waals surface area contributed by atoms with Gasteiger partial charge in [-0.1, -0.05) is 72.8 Å². The number of aliphatic hydroxyl groups is 2. The normalized spacial score (nSPS) is 25.8. The van der Waals surface area contributed by atoms with Gasteiger partial charge in [-0.25, -0.2) is 4.98 Å². The van der Waals surface area contributed by atoms with Crippen LogP contribution in [0.5, 0.6) is 5.75 Å². The molecule has 0 aliphatic heterocycles. The lowest BCUT2D eigenvalue weighted by molar-refractivity contribution is -0.0422. The molecule has 3 N–H and O–H groups in total. The van der Waals surface area contributed by atoms with Crippen molar-refractivity contribution in [1.82, 2.24) is 9.97 Å². The molecule has 2 bridgehead atoms. The molecule has 0 saturated heterocycles. The Hall–Kier alpha value is -3.39. The molecule has 0 spiro atoms. The van der Waals surface area contributed by atoms with E-state index in [4.69, 9.17) is 9.72 Å².